The molecule has 2 heterocycles. The van der Waals surface area contributed by atoms with Crippen molar-refractivity contribution in [2.24, 2.45) is 5.92 Å². The minimum Gasteiger partial charge on any atom is -0.368 e. The van der Waals surface area contributed by atoms with Crippen LogP contribution in [0.5, 0.6) is 0 Å². The Kier molecular flexibility index (Phi) is 3.49. The Morgan fingerprint density at radius 2 is 2.44 bits per heavy atom. The average molecular weight is 241 g/mol. The van der Waals surface area contributed by atoms with E-state index in [1.807, 2.05) is 0 Å². The first-order valence-corrected chi connectivity index (χ1v) is 6.11. The second-order valence-corrected chi connectivity index (χ2v) is 4.70. The SMILES string of the molecule is CCCC1CCN(c2nc(N)ncc2Cl)C1. The van der Waals surface area contributed by atoms with Crippen molar-refractivity contribution in [2.45, 2.75) is 26.2 Å². The minimum atomic E-state index is 0.290. The maximum atomic E-state index is 6.08. The van der Waals surface area contributed by atoms with Crippen molar-refractivity contribution in [3.63, 3.8) is 0 Å². The molecule has 5 heteroatoms. The molecule has 4 nitrogen and oxygen atoms in total. The molecule has 0 spiro atoms. The molecule has 88 valence electrons. The summed E-state index contributed by atoms with van der Waals surface area (Å²) in [4.78, 5) is 10.3. The fourth-order valence-electron chi connectivity index (χ4n) is 2.26. The van der Waals surface area contributed by atoms with Crippen molar-refractivity contribution in [3.8, 4) is 0 Å². The van der Waals surface area contributed by atoms with E-state index >= 15 is 0 Å². The molecule has 0 aliphatic carbocycles. The van der Waals surface area contributed by atoms with Gasteiger partial charge in [0.05, 0.1) is 6.20 Å². The highest BCUT2D eigenvalue weighted by molar-refractivity contribution is 6.32. The van der Waals surface area contributed by atoms with E-state index in [-0.39, 0.29) is 0 Å². The van der Waals surface area contributed by atoms with Gasteiger partial charge in [0.25, 0.3) is 0 Å². The van der Waals surface area contributed by atoms with E-state index in [1.165, 1.54) is 19.3 Å². The zero-order valence-corrected chi connectivity index (χ0v) is 10.2. The maximum Gasteiger partial charge on any atom is 0.222 e. The van der Waals surface area contributed by atoms with Gasteiger partial charge >= 0.3 is 0 Å². The van der Waals surface area contributed by atoms with Crippen molar-refractivity contribution in [3.05, 3.63) is 11.2 Å². The Bertz CT molecular complexity index is 369. The molecule has 1 unspecified atom stereocenters. The van der Waals surface area contributed by atoms with Gasteiger partial charge in [-0.1, -0.05) is 24.9 Å². The van der Waals surface area contributed by atoms with Crippen LogP contribution in [0.4, 0.5) is 11.8 Å². The molecular weight excluding hydrogens is 224 g/mol. The second kappa shape index (κ2) is 4.87. The van der Waals surface area contributed by atoms with Gasteiger partial charge in [-0.05, 0) is 18.8 Å². The zero-order valence-electron chi connectivity index (χ0n) is 9.49. The van der Waals surface area contributed by atoms with Crippen molar-refractivity contribution in [1.29, 1.82) is 0 Å². The van der Waals surface area contributed by atoms with Crippen LogP contribution in [-0.2, 0) is 0 Å². The predicted molar refractivity (Wildman–Crippen MR) is 66.7 cm³/mol. The molecule has 0 saturated carbocycles. The van der Waals surface area contributed by atoms with Crippen LogP contribution in [0.15, 0.2) is 6.20 Å². The highest BCUT2D eigenvalue weighted by Crippen LogP contribution is 2.29. The Labute approximate surface area is 101 Å². The van der Waals surface area contributed by atoms with Gasteiger partial charge in [-0.2, -0.15) is 4.98 Å². The van der Waals surface area contributed by atoms with Crippen LogP contribution in [0.2, 0.25) is 5.02 Å². The fraction of sp³-hybridized carbons (Fsp3) is 0.636. The van der Waals surface area contributed by atoms with Gasteiger partial charge in [-0.15, -0.1) is 0 Å². The summed E-state index contributed by atoms with van der Waals surface area (Å²) in [7, 11) is 0. The fourth-order valence-corrected chi connectivity index (χ4v) is 2.47. The van der Waals surface area contributed by atoms with Crippen molar-refractivity contribution >= 4 is 23.4 Å². The number of hydrogen-bond donors (Lipinski definition) is 1. The number of nitrogens with zero attached hydrogens (tertiary/aromatic N) is 3. The summed E-state index contributed by atoms with van der Waals surface area (Å²) in [6.45, 7) is 4.27. The van der Waals surface area contributed by atoms with E-state index in [0.29, 0.717) is 11.0 Å². The summed E-state index contributed by atoms with van der Waals surface area (Å²) in [5.41, 5.74) is 5.58. The molecular formula is C11H17ClN4. The van der Waals surface area contributed by atoms with Gasteiger partial charge in [0.1, 0.15) is 5.02 Å². The second-order valence-electron chi connectivity index (χ2n) is 4.29. The molecule has 1 aromatic rings. The molecule has 1 atom stereocenters. The van der Waals surface area contributed by atoms with E-state index in [2.05, 4.69) is 21.8 Å². The molecule has 2 rings (SSSR count). The summed E-state index contributed by atoms with van der Waals surface area (Å²) in [6.07, 6.45) is 5.30. The predicted octanol–water partition coefficient (Wildman–Crippen LogP) is 2.34. The molecule has 1 saturated heterocycles. The van der Waals surface area contributed by atoms with Crippen LogP contribution in [-0.4, -0.2) is 23.1 Å². The van der Waals surface area contributed by atoms with Crippen LogP contribution in [0, 0.1) is 5.92 Å². The smallest absolute Gasteiger partial charge is 0.222 e. The summed E-state index contributed by atoms with van der Waals surface area (Å²) in [5, 5.41) is 0.589. The first-order chi connectivity index (χ1) is 7.70. The number of hydrogen-bond acceptors (Lipinski definition) is 4. The molecule has 16 heavy (non-hydrogen) atoms. The molecule has 0 bridgehead atoms. The molecule has 0 amide bonds. The highest BCUT2D eigenvalue weighted by atomic mass is 35.5. The Hall–Kier alpha value is -1.03. The maximum absolute atomic E-state index is 6.08. The Balaban J connectivity index is 2.11. The molecule has 2 N–H and O–H groups in total. The Morgan fingerprint density at radius 3 is 3.19 bits per heavy atom. The lowest BCUT2D eigenvalue weighted by molar-refractivity contribution is 0.529. The topological polar surface area (TPSA) is 55.0 Å². The molecule has 0 radical (unpaired) electrons. The first kappa shape index (κ1) is 11.5. The quantitative estimate of drug-likeness (QED) is 0.881. The molecule has 1 aliphatic rings. The normalized spacial score (nSPS) is 20.4. The number of nitrogens with two attached hydrogens (primary N) is 1. The van der Waals surface area contributed by atoms with Crippen LogP contribution in [0.3, 0.4) is 0 Å². The highest BCUT2D eigenvalue weighted by Gasteiger charge is 2.24. The lowest BCUT2D eigenvalue weighted by Gasteiger charge is -2.18. The van der Waals surface area contributed by atoms with E-state index in [9.17, 15) is 0 Å². The monoisotopic (exact) mass is 240 g/mol. The van der Waals surface area contributed by atoms with E-state index < -0.39 is 0 Å². The summed E-state index contributed by atoms with van der Waals surface area (Å²) >= 11 is 6.08. The molecule has 1 aliphatic heterocycles. The third kappa shape index (κ3) is 2.38. The number of anilines is 2. The third-order valence-electron chi connectivity index (χ3n) is 3.03. The number of nitrogen functional groups attached to an aromatic ring is 1. The van der Waals surface area contributed by atoms with E-state index in [1.54, 1.807) is 6.20 Å². The average Bonchev–Trinajstić information content (AvgIpc) is 2.71. The molecule has 0 aromatic carbocycles. The van der Waals surface area contributed by atoms with Crippen molar-refractivity contribution in [1.82, 2.24) is 9.97 Å². The summed E-state index contributed by atoms with van der Waals surface area (Å²) < 4.78 is 0. The van der Waals surface area contributed by atoms with E-state index in [0.717, 1.165) is 24.8 Å². The lowest BCUT2D eigenvalue weighted by Crippen LogP contribution is -2.21. The van der Waals surface area contributed by atoms with E-state index in [4.69, 9.17) is 17.3 Å². The lowest BCUT2D eigenvalue weighted by atomic mass is 10.0. The minimum absolute atomic E-state index is 0.290. The van der Waals surface area contributed by atoms with Crippen molar-refractivity contribution < 1.29 is 0 Å². The van der Waals surface area contributed by atoms with Gasteiger partial charge in [0.2, 0.25) is 5.95 Å². The van der Waals surface area contributed by atoms with Gasteiger partial charge in [-0.3, -0.25) is 0 Å². The summed E-state index contributed by atoms with van der Waals surface area (Å²) in [5.74, 6) is 1.84. The largest absolute Gasteiger partial charge is 0.368 e. The third-order valence-corrected chi connectivity index (χ3v) is 3.29. The zero-order chi connectivity index (χ0) is 11.5. The van der Waals surface area contributed by atoms with Gasteiger partial charge in [-0.25, -0.2) is 4.98 Å². The van der Waals surface area contributed by atoms with Crippen LogP contribution < -0.4 is 10.6 Å². The molecule has 1 fully saturated rings. The standard InChI is InChI=1S/C11H17ClN4/c1-2-3-8-4-5-16(7-8)10-9(12)6-14-11(13)15-10/h6,8H,2-5,7H2,1H3,(H2,13,14,15). The van der Waals surface area contributed by atoms with Crippen LogP contribution in [0.1, 0.15) is 26.2 Å². The number of rotatable bonds is 3. The van der Waals surface area contributed by atoms with Gasteiger partial charge < -0.3 is 10.6 Å². The Morgan fingerprint density at radius 1 is 1.62 bits per heavy atom. The molecule has 1 aromatic heterocycles. The van der Waals surface area contributed by atoms with Gasteiger partial charge in [0, 0.05) is 13.1 Å². The number of aromatic nitrogens is 2. The van der Waals surface area contributed by atoms with Crippen molar-refractivity contribution in [2.75, 3.05) is 23.7 Å². The van der Waals surface area contributed by atoms with Gasteiger partial charge in [0.15, 0.2) is 5.82 Å². The number of halogens is 1. The summed E-state index contributed by atoms with van der Waals surface area (Å²) in [6, 6.07) is 0. The van der Waals surface area contributed by atoms with Crippen LogP contribution in [0.25, 0.3) is 0 Å². The van der Waals surface area contributed by atoms with Crippen LogP contribution >= 0.6 is 11.6 Å². The first-order valence-electron chi connectivity index (χ1n) is 5.73.